The Morgan fingerprint density at radius 1 is 1.31 bits per heavy atom. The van der Waals surface area contributed by atoms with Crippen LogP contribution in [0.3, 0.4) is 0 Å². The molecule has 0 saturated heterocycles. The summed E-state index contributed by atoms with van der Waals surface area (Å²) in [5, 5.41) is 3.43. The number of ether oxygens (including phenoxy) is 1. The Balaban J connectivity index is 3.41. The second-order valence-electron chi connectivity index (χ2n) is 2.99. The summed E-state index contributed by atoms with van der Waals surface area (Å²) in [4.78, 5) is 0. The zero-order chi connectivity index (χ0) is 9.94. The molecule has 2 nitrogen and oxygen atoms in total. The van der Waals surface area contributed by atoms with Crippen LogP contribution in [0.1, 0.15) is 27.2 Å². The molecule has 3 heteroatoms. The monoisotopic (exact) mass is 205 g/mol. The van der Waals surface area contributed by atoms with Crippen molar-refractivity contribution in [3.63, 3.8) is 0 Å². The van der Waals surface area contributed by atoms with Crippen LogP contribution in [0.25, 0.3) is 0 Å². The molecule has 0 aliphatic carbocycles. The van der Waals surface area contributed by atoms with Gasteiger partial charge in [0.2, 0.25) is 0 Å². The molecule has 13 heavy (non-hydrogen) atoms. The standard InChI is InChI=1S/C10H23NOS/c1-4-7-12-8-10(11-5-2)9-13-6-3/h10-11H,4-9H2,1-3H3. The molecule has 0 amide bonds. The maximum atomic E-state index is 5.52. The molecule has 0 bridgehead atoms. The summed E-state index contributed by atoms with van der Waals surface area (Å²) in [6, 6.07) is 0.529. The van der Waals surface area contributed by atoms with E-state index in [0.29, 0.717) is 6.04 Å². The lowest BCUT2D eigenvalue weighted by Gasteiger charge is -2.16. The zero-order valence-corrected chi connectivity index (χ0v) is 9.95. The first-order valence-corrected chi connectivity index (χ1v) is 6.39. The minimum atomic E-state index is 0.529. The maximum Gasteiger partial charge on any atom is 0.0627 e. The molecule has 0 rings (SSSR count). The van der Waals surface area contributed by atoms with E-state index in [2.05, 4.69) is 26.1 Å². The average Bonchev–Trinajstić information content (AvgIpc) is 2.14. The van der Waals surface area contributed by atoms with Crippen molar-refractivity contribution in [3.05, 3.63) is 0 Å². The Morgan fingerprint density at radius 2 is 2.08 bits per heavy atom. The van der Waals surface area contributed by atoms with Gasteiger partial charge in [0.1, 0.15) is 0 Å². The second-order valence-corrected chi connectivity index (χ2v) is 4.31. The van der Waals surface area contributed by atoms with E-state index in [4.69, 9.17) is 4.74 Å². The van der Waals surface area contributed by atoms with Crippen LogP contribution < -0.4 is 5.32 Å². The van der Waals surface area contributed by atoms with E-state index in [0.717, 1.165) is 31.9 Å². The number of rotatable bonds is 9. The van der Waals surface area contributed by atoms with E-state index < -0.39 is 0 Å². The van der Waals surface area contributed by atoms with Crippen LogP contribution in [0.5, 0.6) is 0 Å². The summed E-state index contributed by atoms with van der Waals surface area (Å²) in [5.74, 6) is 2.35. The molecule has 0 radical (unpaired) electrons. The molecule has 0 aromatic carbocycles. The summed E-state index contributed by atoms with van der Waals surface area (Å²) in [7, 11) is 0. The molecule has 1 atom stereocenters. The fourth-order valence-electron chi connectivity index (χ4n) is 1.08. The molecule has 0 heterocycles. The maximum absolute atomic E-state index is 5.52. The number of likely N-dealkylation sites (N-methyl/N-ethyl adjacent to an activating group) is 1. The van der Waals surface area contributed by atoms with E-state index in [1.807, 2.05) is 11.8 Å². The highest BCUT2D eigenvalue weighted by Gasteiger charge is 2.05. The molecule has 0 aromatic rings. The third-order valence-electron chi connectivity index (χ3n) is 1.68. The molecule has 1 unspecified atom stereocenters. The van der Waals surface area contributed by atoms with Crippen LogP contribution in [-0.4, -0.2) is 37.3 Å². The van der Waals surface area contributed by atoms with Gasteiger partial charge in [0.05, 0.1) is 6.61 Å². The van der Waals surface area contributed by atoms with Crippen molar-refractivity contribution in [2.75, 3.05) is 31.3 Å². The fourth-order valence-corrected chi connectivity index (χ4v) is 1.82. The Labute approximate surface area is 86.8 Å². The number of hydrogen-bond donors (Lipinski definition) is 1. The largest absolute Gasteiger partial charge is 0.380 e. The highest BCUT2D eigenvalue weighted by Crippen LogP contribution is 2.02. The van der Waals surface area contributed by atoms with Crippen molar-refractivity contribution in [1.82, 2.24) is 5.32 Å². The lowest BCUT2D eigenvalue weighted by atomic mass is 10.3. The van der Waals surface area contributed by atoms with E-state index in [9.17, 15) is 0 Å². The number of thioether (sulfide) groups is 1. The summed E-state index contributed by atoms with van der Waals surface area (Å²) in [5.41, 5.74) is 0. The van der Waals surface area contributed by atoms with Crippen LogP contribution in [0.15, 0.2) is 0 Å². The van der Waals surface area contributed by atoms with Gasteiger partial charge in [-0.2, -0.15) is 11.8 Å². The Kier molecular flexibility index (Phi) is 10.6. The van der Waals surface area contributed by atoms with Gasteiger partial charge in [0, 0.05) is 18.4 Å². The zero-order valence-electron chi connectivity index (χ0n) is 9.14. The lowest BCUT2D eigenvalue weighted by Crippen LogP contribution is -2.35. The Morgan fingerprint density at radius 3 is 2.62 bits per heavy atom. The average molecular weight is 205 g/mol. The summed E-state index contributed by atoms with van der Waals surface area (Å²) in [6.07, 6.45) is 1.11. The molecule has 0 spiro atoms. The molecule has 0 fully saturated rings. The summed E-state index contributed by atoms with van der Waals surface area (Å²) < 4.78 is 5.52. The van der Waals surface area contributed by atoms with Crippen molar-refractivity contribution in [2.45, 2.75) is 33.2 Å². The van der Waals surface area contributed by atoms with Crippen LogP contribution in [-0.2, 0) is 4.74 Å². The van der Waals surface area contributed by atoms with Crippen LogP contribution in [0, 0.1) is 0 Å². The van der Waals surface area contributed by atoms with Crippen molar-refractivity contribution in [2.24, 2.45) is 0 Å². The summed E-state index contributed by atoms with van der Waals surface area (Å²) in [6.45, 7) is 9.25. The molecular formula is C10H23NOS. The van der Waals surface area contributed by atoms with E-state index in [1.54, 1.807) is 0 Å². The van der Waals surface area contributed by atoms with Gasteiger partial charge in [-0.3, -0.25) is 0 Å². The third-order valence-corrected chi connectivity index (χ3v) is 2.73. The normalized spacial score (nSPS) is 13.2. The van der Waals surface area contributed by atoms with Crippen LogP contribution in [0.2, 0.25) is 0 Å². The van der Waals surface area contributed by atoms with Crippen molar-refractivity contribution < 1.29 is 4.74 Å². The first kappa shape index (κ1) is 13.3. The first-order valence-electron chi connectivity index (χ1n) is 5.23. The molecule has 80 valence electrons. The molecule has 0 aliphatic heterocycles. The van der Waals surface area contributed by atoms with E-state index in [1.165, 1.54) is 5.75 Å². The number of nitrogens with one attached hydrogen (secondary N) is 1. The van der Waals surface area contributed by atoms with E-state index >= 15 is 0 Å². The van der Waals surface area contributed by atoms with Gasteiger partial charge >= 0.3 is 0 Å². The van der Waals surface area contributed by atoms with Gasteiger partial charge in [-0.15, -0.1) is 0 Å². The molecular weight excluding hydrogens is 182 g/mol. The van der Waals surface area contributed by atoms with Crippen LogP contribution >= 0.6 is 11.8 Å². The van der Waals surface area contributed by atoms with Gasteiger partial charge in [-0.25, -0.2) is 0 Å². The summed E-state index contributed by atoms with van der Waals surface area (Å²) >= 11 is 1.97. The van der Waals surface area contributed by atoms with Crippen molar-refractivity contribution >= 4 is 11.8 Å². The number of hydrogen-bond acceptors (Lipinski definition) is 3. The minimum absolute atomic E-state index is 0.529. The van der Waals surface area contributed by atoms with Gasteiger partial charge in [-0.1, -0.05) is 20.8 Å². The predicted molar refractivity (Wildman–Crippen MR) is 61.6 cm³/mol. The smallest absolute Gasteiger partial charge is 0.0627 e. The highest BCUT2D eigenvalue weighted by atomic mass is 32.2. The quantitative estimate of drug-likeness (QED) is 0.583. The van der Waals surface area contributed by atoms with Gasteiger partial charge < -0.3 is 10.1 Å². The third kappa shape index (κ3) is 8.60. The lowest BCUT2D eigenvalue weighted by molar-refractivity contribution is 0.118. The van der Waals surface area contributed by atoms with E-state index in [-0.39, 0.29) is 0 Å². The SMILES string of the molecule is CCCOCC(CSCC)NCC. The molecule has 0 aromatic heterocycles. The topological polar surface area (TPSA) is 21.3 Å². The Bertz CT molecular complexity index is 101. The van der Waals surface area contributed by atoms with Gasteiger partial charge in [0.15, 0.2) is 0 Å². The predicted octanol–water partition coefficient (Wildman–Crippen LogP) is 2.14. The highest BCUT2D eigenvalue weighted by molar-refractivity contribution is 7.99. The molecule has 0 aliphatic rings. The van der Waals surface area contributed by atoms with Crippen molar-refractivity contribution in [3.8, 4) is 0 Å². The Hall–Kier alpha value is 0.270. The van der Waals surface area contributed by atoms with Crippen molar-refractivity contribution in [1.29, 1.82) is 0 Å². The molecule has 1 N–H and O–H groups in total. The fraction of sp³-hybridized carbons (Fsp3) is 1.00. The van der Waals surface area contributed by atoms with Gasteiger partial charge in [0.25, 0.3) is 0 Å². The minimum Gasteiger partial charge on any atom is -0.380 e. The molecule has 0 saturated carbocycles. The van der Waals surface area contributed by atoms with Gasteiger partial charge in [-0.05, 0) is 18.7 Å². The first-order chi connectivity index (χ1) is 6.35. The second kappa shape index (κ2) is 10.4. The van der Waals surface area contributed by atoms with Crippen LogP contribution in [0.4, 0.5) is 0 Å².